The van der Waals surface area contributed by atoms with Crippen LogP contribution in [0.1, 0.15) is 47.6 Å². The van der Waals surface area contributed by atoms with Crippen LogP contribution >= 0.6 is 11.3 Å². The first kappa shape index (κ1) is 24.8. The van der Waals surface area contributed by atoms with Crippen LogP contribution in [0.2, 0.25) is 0 Å². The number of Topliss-reactive ketones (excluding diaryl/α,β-unsaturated/α-hetero) is 1. The molecule has 3 aromatic rings. The Morgan fingerprint density at radius 2 is 1.78 bits per heavy atom. The monoisotopic (exact) mass is 515 g/mol. The maximum absolute atomic E-state index is 13.7. The molecule has 1 aliphatic carbocycles. The van der Waals surface area contributed by atoms with E-state index in [9.17, 15) is 9.59 Å². The normalized spacial score (nSPS) is 19.3. The number of allylic oxidation sites excluding steroid dienone is 3. The van der Waals surface area contributed by atoms with Crippen LogP contribution in [0.25, 0.3) is 0 Å². The Bertz CT molecular complexity index is 1370. The number of ether oxygens (including phenoxy) is 3. The number of rotatable bonds is 7. The molecule has 7 heteroatoms. The highest BCUT2D eigenvalue weighted by molar-refractivity contribution is 7.10. The first-order valence-electron chi connectivity index (χ1n) is 12.2. The molecule has 6 nitrogen and oxygen atoms in total. The van der Waals surface area contributed by atoms with E-state index in [0.29, 0.717) is 35.5 Å². The number of methoxy groups -OCH3 is 2. The van der Waals surface area contributed by atoms with Gasteiger partial charge in [0, 0.05) is 28.3 Å². The van der Waals surface area contributed by atoms with Crippen molar-refractivity contribution in [3.05, 3.63) is 105 Å². The zero-order chi connectivity index (χ0) is 25.9. The van der Waals surface area contributed by atoms with Crippen molar-refractivity contribution in [3.63, 3.8) is 0 Å². The quantitative estimate of drug-likeness (QED) is 0.397. The third-order valence-corrected chi connectivity index (χ3v) is 7.90. The van der Waals surface area contributed by atoms with Gasteiger partial charge in [0.2, 0.25) is 0 Å². The third-order valence-electron chi connectivity index (χ3n) is 6.97. The third kappa shape index (κ3) is 4.91. The second kappa shape index (κ2) is 10.6. The zero-order valence-corrected chi connectivity index (χ0v) is 21.9. The fourth-order valence-corrected chi connectivity index (χ4v) is 6.04. The molecule has 0 fully saturated rings. The SMILES string of the molecule is COc1ccc(C2CC(=O)C3=C(C2)NC(C)=C(C(=O)OCc2ccccc2)C3c2cccs2)cc1OC. The summed E-state index contributed by atoms with van der Waals surface area (Å²) in [5, 5.41) is 5.38. The Labute approximate surface area is 220 Å². The van der Waals surface area contributed by atoms with Crippen molar-refractivity contribution < 1.29 is 23.8 Å². The molecule has 0 spiro atoms. The van der Waals surface area contributed by atoms with Crippen LogP contribution in [0.4, 0.5) is 0 Å². The fourth-order valence-electron chi connectivity index (χ4n) is 5.19. The van der Waals surface area contributed by atoms with Gasteiger partial charge in [-0.3, -0.25) is 4.79 Å². The predicted octanol–water partition coefficient (Wildman–Crippen LogP) is 5.87. The molecule has 0 saturated heterocycles. The molecule has 0 bridgehead atoms. The average Bonchev–Trinajstić information content (AvgIpc) is 3.46. The Morgan fingerprint density at radius 1 is 1.00 bits per heavy atom. The summed E-state index contributed by atoms with van der Waals surface area (Å²) in [5.41, 5.74) is 4.67. The van der Waals surface area contributed by atoms with E-state index >= 15 is 0 Å². The van der Waals surface area contributed by atoms with Gasteiger partial charge in [-0.1, -0.05) is 42.5 Å². The molecule has 190 valence electrons. The lowest BCUT2D eigenvalue weighted by atomic mass is 9.73. The maximum Gasteiger partial charge on any atom is 0.337 e. The lowest BCUT2D eigenvalue weighted by molar-refractivity contribution is -0.140. The lowest BCUT2D eigenvalue weighted by Gasteiger charge is -2.36. The summed E-state index contributed by atoms with van der Waals surface area (Å²) >= 11 is 1.54. The minimum Gasteiger partial charge on any atom is -0.493 e. The van der Waals surface area contributed by atoms with E-state index < -0.39 is 11.9 Å². The predicted molar refractivity (Wildman–Crippen MR) is 143 cm³/mol. The Kier molecular flexibility index (Phi) is 7.15. The Morgan fingerprint density at radius 3 is 2.49 bits per heavy atom. The van der Waals surface area contributed by atoms with Gasteiger partial charge < -0.3 is 19.5 Å². The van der Waals surface area contributed by atoms with Gasteiger partial charge in [-0.2, -0.15) is 0 Å². The summed E-state index contributed by atoms with van der Waals surface area (Å²) in [7, 11) is 3.21. The van der Waals surface area contributed by atoms with Crippen LogP contribution in [0.5, 0.6) is 11.5 Å². The number of hydrogen-bond acceptors (Lipinski definition) is 7. The van der Waals surface area contributed by atoms with Gasteiger partial charge in [0.1, 0.15) is 6.61 Å². The molecular weight excluding hydrogens is 486 g/mol. The van der Waals surface area contributed by atoms with E-state index in [1.165, 1.54) is 0 Å². The Balaban J connectivity index is 1.46. The van der Waals surface area contributed by atoms with Crippen molar-refractivity contribution >= 4 is 23.1 Å². The summed E-state index contributed by atoms with van der Waals surface area (Å²) in [6, 6.07) is 19.3. The number of carbonyl (C=O) groups excluding carboxylic acids is 2. The highest BCUT2D eigenvalue weighted by Crippen LogP contribution is 2.47. The van der Waals surface area contributed by atoms with E-state index in [-0.39, 0.29) is 18.3 Å². The lowest BCUT2D eigenvalue weighted by Crippen LogP contribution is -2.35. The molecule has 37 heavy (non-hydrogen) atoms. The van der Waals surface area contributed by atoms with Crippen molar-refractivity contribution in [2.75, 3.05) is 14.2 Å². The van der Waals surface area contributed by atoms with E-state index in [2.05, 4.69) is 5.32 Å². The van der Waals surface area contributed by atoms with Crippen LogP contribution in [-0.2, 0) is 20.9 Å². The number of benzene rings is 2. The Hall–Kier alpha value is -3.84. The summed E-state index contributed by atoms with van der Waals surface area (Å²) in [6.45, 7) is 2.06. The first-order chi connectivity index (χ1) is 18.0. The van der Waals surface area contributed by atoms with Crippen molar-refractivity contribution in [1.29, 1.82) is 0 Å². The van der Waals surface area contributed by atoms with E-state index in [0.717, 1.165) is 27.4 Å². The van der Waals surface area contributed by atoms with Gasteiger partial charge in [0.15, 0.2) is 17.3 Å². The molecule has 0 radical (unpaired) electrons. The van der Waals surface area contributed by atoms with Crippen LogP contribution < -0.4 is 14.8 Å². The molecule has 5 rings (SSSR count). The van der Waals surface area contributed by atoms with E-state index in [1.54, 1.807) is 25.6 Å². The molecule has 2 aromatic carbocycles. The number of ketones is 1. The minimum atomic E-state index is -0.446. The highest BCUT2D eigenvalue weighted by Gasteiger charge is 2.42. The van der Waals surface area contributed by atoms with Crippen LogP contribution in [-0.4, -0.2) is 26.0 Å². The molecule has 2 atom stereocenters. The van der Waals surface area contributed by atoms with Crippen LogP contribution in [0.15, 0.2) is 88.6 Å². The maximum atomic E-state index is 13.7. The largest absolute Gasteiger partial charge is 0.493 e. The second-order valence-electron chi connectivity index (χ2n) is 9.21. The molecule has 0 saturated carbocycles. The summed E-state index contributed by atoms with van der Waals surface area (Å²) < 4.78 is 16.6. The molecule has 0 amide bonds. The van der Waals surface area contributed by atoms with Gasteiger partial charge >= 0.3 is 5.97 Å². The molecule has 2 heterocycles. The molecule has 2 unspecified atom stereocenters. The number of esters is 1. The van der Waals surface area contributed by atoms with Crippen LogP contribution in [0, 0.1) is 0 Å². The van der Waals surface area contributed by atoms with Gasteiger partial charge in [0.05, 0.1) is 25.7 Å². The zero-order valence-electron chi connectivity index (χ0n) is 21.1. The summed E-state index contributed by atoms with van der Waals surface area (Å²) in [6.07, 6.45) is 1.01. The standard InChI is InChI=1S/C30H29NO5S/c1-18-27(30(33)36-17-19-8-5-4-6-9-19)29(26-10-7-13-37-26)28-22(31-18)14-21(15-23(28)32)20-11-12-24(34-2)25(16-20)35-3/h4-13,16,21,29,31H,14-15,17H2,1-3H3. The molecule has 1 aromatic heterocycles. The topological polar surface area (TPSA) is 73.9 Å². The van der Waals surface area contributed by atoms with Gasteiger partial charge in [-0.15, -0.1) is 11.3 Å². The fraction of sp³-hybridized carbons (Fsp3) is 0.267. The second-order valence-corrected chi connectivity index (χ2v) is 10.2. The molecule has 1 N–H and O–H groups in total. The van der Waals surface area contributed by atoms with Gasteiger partial charge in [0.25, 0.3) is 0 Å². The van der Waals surface area contributed by atoms with Crippen LogP contribution in [0.3, 0.4) is 0 Å². The molecular formula is C30H29NO5S. The number of hydrogen-bond donors (Lipinski definition) is 1. The van der Waals surface area contributed by atoms with Crippen molar-refractivity contribution in [2.45, 2.75) is 38.2 Å². The highest BCUT2D eigenvalue weighted by atomic mass is 32.1. The van der Waals surface area contributed by atoms with Gasteiger partial charge in [-0.05, 0) is 54.0 Å². The smallest absolute Gasteiger partial charge is 0.337 e. The molecule has 1 aliphatic heterocycles. The van der Waals surface area contributed by atoms with Gasteiger partial charge in [-0.25, -0.2) is 4.79 Å². The number of thiophene rings is 1. The number of dihydropyridines is 1. The van der Waals surface area contributed by atoms with E-state index in [1.807, 2.05) is 73.0 Å². The first-order valence-corrected chi connectivity index (χ1v) is 13.1. The minimum absolute atomic E-state index is 0.0121. The summed E-state index contributed by atoms with van der Waals surface area (Å²) in [5.74, 6) is 0.459. The summed E-state index contributed by atoms with van der Waals surface area (Å²) in [4.78, 5) is 28.1. The van der Waals surface area contributed by atoms with Crippen molar-refractivity contribution in [3.8, 4) is 11.5 Å². The average molecular weight is 516 g/mol. The number of nitrogens with one attached hydrogen (secondary N) is 1. The molecule has 2 aliphatic rings. The van der Waals surface area contributed by atoms with Crippen molar-refractivity contribution in [1.82, 2.24) is 5.32 Å². The van der Waals surface area contributed by atoms with E-state index in [4.69, 9.17) is 14.2 Å². The van der Waals surface area contributed by atoms with Crippen molar-refractivity contribution in [2.24, 2.45) is 0 Å². The number of carbonyl (C=O) groups is 2.